The van der Waals surface area contributed by atoms with E-state index in [9.17, 15) is 9.90 Å². The number of rotatable bonds is 5. The second kappa shape index (κ2) is 6.84. The molecule has 0 aromatic heterocycles. The molecule has 98 valence electrons. The maximum absolute atomic E-state index is 11.4. The van der Waals surface area contributed by atoms with E-state index in [1.54, 1.807) is 18.2 Å². The number of carbonyl (C=O) groups is 1. The van der Waals surface area contributed by atoms with Crippen LogP contribution < -0.4 is 0 Å². The van der Waals surface area contributed by atoms with Crippen LogP contribution in [0, 0.1) is 12.8 Å². The van der Waals surface area contributed by atoms with Crippen molar-refractivity contribution in [1.82, 2.24) is 0 Å². The van der Waals surface area contributed by atoms with E-state index >= 15 is 0 Å². The van der Waals surface area contributed by atoms with Crippen molar-refractivity contribution in [3.05, 3.63) is 35.4 Å². The monoisotopic (exact) mass is 248 g/mol. The van der Waals surface area contributed by atoms with Crippen LogP contribution in [0.5, 0.6) is 5.75 Å². The Labute approximate surface area is 108 Å². The summed E-state index contributed by atoms with van der Waals surface area (Å²) in [6.45, 7) is 6.37. The average molecular weight is 248 g/mol. The minimum atomic E-state index is -0.332. The summed E-state index contributed by atoms with van der Waals surface area (Å²) in [6.07, 6.45) is 4.09. The van der Waals surface area contributed by atoms with Gasteiger partial charge < -0.3 is 9.84 Å². The number of phenolic OH excluding ortho intramolecular Hbond substituents is 1. The molecule has 3 nitrogen and oxygen atoms in total. The molecule has 3 heteroatoms. The van der Waals surface area contributed by atoms with E-state index in [-0.39, 0.29) is 11.7 Å². The summed E-state index contributed by atoms with van der Waals surface area (Å²) in [5, 5.41) is 9.38. The summed E-state index contributed by atoms with van der Waals surface area (Å²) in [5.41, 5.74) is 1.65. The van der Waals surface area contributed by atoms with Gasteiger partial charge in [-0.25, -0.2) is 4.79 Å². The number of aryl methyl sites for hydroxylation is 1. The van der Waals surface area contributed by atoms with Gasteiger partial charge in [-0.2, -0.15) is 0 Å². The fraction of sp³-hybridized carbons (Fsp3) is 0.400. The van der Waals surface area contributed by atoms with Crippen LogP contribution in [0.4, 0.5) is 0 Å². The number of esters is 1. The minimum absolute atomic E-state index is 0.256. The van der Waals surface area contributed by atoms with Gasteiger partial charge in [-0.1, -0.05) is 26.3 Å². The first-order valence-corrected chi connectivity index (χ1v) is 6.17. The van der Waals surface area contributed by atoms with Crippen molar-refractivity contribution < 1.29 is 14.6 Å². The van der Waals surface area contributed by atoms with Crippen LogP contribution in [0.25, 0.3) is 6.08 Å². The fourth-order valence-electron chi connectivity index (χ4n) is 1.34. The van der Waals surface area contributed by atoms with Crippen LogP contribution >= 0.6 is 0 Å². The molecule has 18 heavy (non-hydrogen) atoms. The van der Waals surface area contributed by atoms with Gasteiger partial charge in [-0.05, 0) is 42.2 Å². The van der Waals surface area contributed by atoms with Gasteiger partial charge in [0.1, 0.15) is 5.75 Å². The summed E-state index contributed by atoms with van der Waals surface area (Å²) >= 11 is 0. The third-order valence-electron chi connectivity index (χ3n) is 2.84. The number of carbonyl (C=O) groups excluding carboxylic acids is 1. The van der Waals surface area contributed by atoms with Gasteiger partial charge in [0.15, 0.2) is 0 Å². The van der Waals surface area contributed by atoms with Gasteiger partial charge in [-0.3, -0.25) is 0 Å². The van der Waals surface area contributed by atoms with E-state index < -0.39 is 0 Å². The second-order valence-electron chi connectivity index (χ2n) is 4.52. The molecule has 1 N–H and O–H groups in total. The van der Waals surface area contributed by atoms with Crippen LogP contribution in [0.1, 0.15) is 31.4 Å². The predicted molar refractivity (Wildman–Crippen MR) is 72.3 cm³/mol. The van der Waals surface area contributed by atoms with Crippen molar-refractivity contribution >= 4 is 12.0 Å². The maximum atomic E-state index is 11.4. The molecule has 0 bridgehead atoms. The van der Waals surface area contributed by atoms with Crippen LogP contribution in [0.3, 0.4) is 0 Å². The highest BCUT2D eigenvalue weighted by atomic mass is 16.5. The zero-order valence-electron chi connectivity index (χ0n) is 11.1. The van der Waals surface area contributed by atoms with E-state index in [0.29, 0.717) is 12.5 Å². The lowest BCUT2D eigenvalue weighted by atomic mass is 10.1. The molecule has 1 unspecified atom stereocenters. The first-order valence-electron chi connectivity index (χ1n) is 6.17. The zero-order chi connectivity index (χ0) is 13.5. The summed E-state index contributed by atoms with van der Waals surface area (Å²) < 4.78 is 5.10. The molecule has 1 aromatic carbocycles. The molecule has 1 aromatic rings. The lowest BCUT2D eigenvalue weighted by molar-refractivity contribution is -0.138. The Hall–Kier alpha value is -1.77. The number of phenols is 1. The Balaban J connectivity index is 2.53. The highest BCUT2D eigenvalue weighted by Crippen LogP contribution is 2.17. The third-order valence-corrected chi connectivity index (χ3v) is 2.84. The van der Waals surface area contributed by atoms with Crippen molar-refractivity contribution in [1.29, 1.82) is 0 Å². The van der Waals surface area contributed by atoms with Crippen LogP contribution in [0.15, 0.2) is 24.3 Å². The molecule has 0 aliphatic heterocycles. The summed E-state index contributed by atoms with van der Waals surface area (Å²) in [7, 11) is 0. The largest absolute Gasteiger partial charge is 0.508 e. The standard InChI is InChI=1S/C15H20O3/c1-4-11(2)10-18-15(17)8-6-13-5-7-14(16)12(3)9-13/h5-9,11,16H,4,10H2,1-3H3/b8-6+. The predicted octanol–water partition coefficient (Wildman–Crippen LogP) is 3.30. The quantitative estimate of drug-likeness (QED) is 0.642. The van der Waals surface area contributed by atoms with E-state index in [0.717, 1.165) is 17.5 Å². The molecule has 0 saturated carbocycles. The molecule has 0 heterocycles. The molecule has 0 saturated heterocycles. The fourth-order valence-corrected chi connectivity index (χ4v) is 1.34. The van der Waals surface area contributed by atoms with E-state index in [1.807, 2.05) is 19.9 Å². The Morgan fingerprint density at radius 3 is 2.83 bits per heavy atom. The maximum Gasteiger partial charge on any atom is 0.330 e. The summed E-state index contributed by atoms with van der Waals surface area (Å²) in [4.78, 5) is 11.4. The minimum Gasteiger partial charge on any atom is -0.508 e. The highest BCUT2D eigenvalue weighted by Gasteiger charge is 2.02. The van der Waals surface area contributed by atoms with E-state index in [4.69, 9.17) is 4.74 Å². The third kappa shape index (κ3) is 4.62. The molecule has 0 aliphatic carbocycles. The van der Waals surface area contributed by atoms with Crippen molar-refractivity contribution in [3.63, 3.8) is 0 Å². The Bertz CT molecular complexity index is 435. The smallest absolute Gasteiger partial charge is 0.330 e. The topological polar surface area (TPSA) is 46.5 Å². The van der Waals surface area contributed by atoms with E-state index in [2.05, 4.69) is 6.92 Å². The molecule has 0 aliphatic rings. The molecule has 0 amide bonds. The molecular formula is C15H20O3. The van der Waals surface area contributed by atoms with Gasteiger partial charge in [0.2, 0.25) is 0 Å². The average Bonchev–Trinajstić information content (AvgIpc) is 2.37. The first kappa shape index (κ1) is 14.3. The molecule has 1 rings (SSSR count). The van der Waals surface area contributed by atoms with Gasteiger partial charge >= 0.3 is 5.97 Å². The van der Waals surface area contributed by atoms with Gasteiger partial charge in [0, 0.05) is 6.08 Å². The molecule has 1 atom stereocenters. The Morgan fingerprint density at radius 1 is 1.50 bits per heavy atom. The van der Waals surface area contributed by atoms with Crippen molar-refractivity contribution in [2.24, 2.45) is 5.92 Å². The Kier molecular flexibility index (Phi) is 5.43. The highest BCUT2D eigenvalue weighted by molar-refractivity contribution is 5.87. The second-order valence-corrected chi connectivity index (χ2v) is 4.52. The first-order chi connectivity index (χ1) is 8.52. The lowest BCUT2D eigenvalue weighted by Crippen LogP contribution is -2.08. The summed E-state index contributed by atoms with van der Waals surface area (Å²) in [5.74, 6) is 0.311. The van der Waals surface area contributed by atoms with E-state index in [1.165, 1.54) is 6.08 Å². The van der Waals surface area contributed by atoms with Crippen LogP contribution in [-0.4, -0.2) is 17.7 Å². The molecular weight excluding hydrogens is 228 g/mol. The number of hydrogen-bond acceptors (Lipinski definition) is 3. The van der Waals surface area contributed by atoms with Crippen molar-refractivity contribution in [2.45, 2.75) is 27.2 Å². The van der Waals surface area contributed by atoms with Gasteiger partial charge in [-0.15, -0.1) is 0 Å². The normalized spacial score (nSPS) is 12.6. The van der Waals surface area contributed by atoms with Gasteiger partial charge in [0.05, 0.1) is 6.61 Å². The number of ether oxygens (including phenoxy) is 1. The van der Waals surface area contributed by atoms with Crippen LogP contribution in [-0.2, 0) is 9.53 Å². The molecule has 0 fully saturated rings. The summed E-state index contributed by atoms with van der Waals surface area (Å²) in [6, 6.07) is 5.17. The number of benzene rings is 1. The number of aromatic hydroxyl groups is 1. The number of hydrogen-bond donors (Lipinski definition) is 1. The Morgan fingerprint density at radius 2 is 2.22 bits per heavy atom. The molecule has 0 radical (unpaired) electrons. The zero-order valence-corrected chi connectivity index (χ0v) is 11.1. The lowest BCUT2D eigenvalue weighted by Gasteiger charge is -2.07. The van der Waals surface area contributed by atoms with Crippen molar-refractivity contribution in [3.8, 4) is 5.75 Å². The molecule has 0 spiro atoms. The van der Waals surface area contributed by atoms with Crippen molar-refractivity contribution in [2.75, 3.05) is 6.61 Å². The SMILES string of the molecule is CCC(C)COC(=O)/C=C/c1ccc(O)c(C)c1. The van der Waals surface area contributed by atoms with Crippen LogP contribution in [0.2, 0.25) is 0 Å². The van der Waals surface area contributed by atoms with Gasteiger partial charge in [0.25, 0.3) is 0 Å².